The SMILES string of the molecule is CCOC(=O)c1nn(-c2ccc(C(C)C)cc2)c(=O)c2c(NC(=O)c3ccc(S(=O)(=O)N(C)C)cc3)scc12. The van der Waals surface area contributed by atoms with Gasteiger partial charge in [0.25, 0.3) is 11.5 Å². The second kappa shape index (κ2) is 11.1. The molecule has 0 aliphatic carbocycles. The average molecular weight is 569 g/mol. The number of benzene rings is 2. The summed E-state index contributed by atoms with van der Waals surface area (Å²) in [5.74, 6) is -0.949. The number of hydrogen-bond donors (Lipinski definition) is 1. The van der Waals surface area contributed by atoms with E-state index in [-0.39, 0.29) is 44.5 Å². The molecule has 1 amide bonds. The van der Waals surface area contributed by atoms with E-state index in [0.717, 1.165) is 25.9 Å². The quantitative estimate of drug-likeness (QED) is 0.315. The number of esters is 1. The molecule has 0 spiro atoms. The van der Waals surface area contributed by atoms with E-state index in [2.05, 4.69) is 24.3 Å². The fourth-order valence-corrected chi connectivity index (χ4v) is 5.67. The first-order valence-electron chi connectivity index (χ1n) is 12.1. The Morgan fingerprint density at radius 3 is 2.28 bits per heavy atom. The molecule has 10 nitrogen and oxygen atoms in total. The van der Waals surface area contributed by atoms with Crippen LogP contribution < -0.4 is 10.9 Å². The Labute approximate surface area is 229 Å². The second-order valence-corrected chi connectivity index (χ2v) is 12.2. The van der Waals surface area contributed by atoms with Crippen LogP contribution in [-0.2, 0) is 14.8 Å². The lowest BCUT2D eigenvalue weighted by molar-refractivity contribution is 0.0519. The van der Waals surface area contributed by atoms with E-state index in [4.69, 9.17) is 4.74 Å². The summed E-state index contributed by atoms with van der Waals surface area (Å²) in [6, 6.07) is 12.7. The van der Waals surface area contributed by atoms with E-state index in [9.17, 15) is 22.8 Å². The third-order valence-corrected chi connectivity index (χ3v) is 8.77. The number of thiophene rings is 1. The van der Waals surface area contributed by atoms with Crippen molar-refractivity contribution in [3.05, 3.63) is 81.1 Å². The molecule has 1 N–H and O–H groups in total. The van der Waals surface area contributed by atoms with E-state index in [1.165, 1.54) is 38.4 Å². The normalized spacial score (nSPS) is 11.8. The summed E-state index contributed by atoms with van der Waals surface area (Å²) in [5, 5.41) is 9.24. The standard InChI is InChI=1S/C27H28N4O6S2/c1-6-37-27(34)23-21-15-38-25(28-24(32)18-9-13-20(14-10-18)39(35,36)30(4)5)22(21)26(33)31(29-23)19-11-7-17(8-12-19)16(2)3/h7-16H,6H2,1-5H3,(H,28,32). The Morgan fingerprint density at radius 1 is 1.08 bits per heavy atom. The van der Waals surface area contributed by atoms with Crippen molar-refractivity contribution in [1.29, 1.82) is 0 Å². The lowest BCUT2D eigenvalue weighted by Gasteiger charge is -2.12. The highest BCUT2D eigenvalue weighted by molar-refractivity contribution is 7.89. The number of carbonyl (C=O) groups excluding carboxylic acids is 2. The highest BCUT2D eigenvalue weighted by Crippen LogP contribution is 2.31. The van der Waals surface area contributed by atoms with Gasteiger partial charge in [-0.25, -0.2) is 17.5 Å². The molecule has 39 heavy (non-hydrogen) atoms. The third kappa shape index (κ3) is 5.49. The summed E-state index contributed by atoms with van der Waals surface area (Å²) in [5.41, 5.74) is 1.16. The summed E-state index contributed by atoms with van der Waals surface area (Å²) in [4.78, 5) is 39.5. The zero-order chi connectivity index (χ0) is 28.5. The van der Waals surface area contributed by atoms with Crippen LogP contribution in [0.5, 0.6) is 0 Å². The molecule has 4 aromatic rings. The van der Waals surface area contributed by atoms with Crippen molar-refractivity contribution in [3.8, 4) is 5.69 Å². The van der Waals surface area contributed by atoms with Gasteiger partial charge in [0.1, 0.15) is 5.00 Å². The maximum Gasteiger partial charge on any atom is 0.359 e. The molecule has 2 heterocycles. The Hall–Kier alpha value is -3.87. The molecule has 204 valence electrons. The number of nitrogens with one attached hydrogen (secondary N) is 1. The summed E-state index contributed by atoms with van der Waals surface area (Å²) < 4.78 is 32.1. The number of rotatable bonds is 8. The molecule has 2 aromatic carbocycles. The van der Waals surface area contributed by atoms with Crippen molar-refractivity contribution in [1.82, 2.24) is 14.1 Å². The lowest BCUT2D eigenvalue weighted by atomic mass is 10.0. The number of carbonyl (C=O) groups is 2. The van der Waals surface area contributed by atoms with Gasteiger partial charge in [-0.3, -0.25) is 9.59 Å². The largest absolute Gasteiger partial charge is 0.461 e. The molecule has 0 unspecified atom stereocenters. The maximum absolute atomic E-state index is 13.6. The van der Waals surface area contributed by atoms with Crippen LogP contribution in [0.3, 0.4) is 0 Å². The van der Waals surface area contributed by atoms with Crippen molar-refractivity contribution >= 4 is 49.0 Å². The van der Waals surface area contributed by atoms with Gasteiger partial charge < -0.3 is 10.1 Å². The van der Waals surface area contributed by atoms with Crippen molar-refractivity contribution in [2.45, 2.75) is 31.6 Å². The minimum atomic E-state index is -3.65. The van der Waals surface area contributed by atoms with Gasteiger partial charge in [0, 0.05) is 30.4 Å². The van der Waals surface area contributed by atoms with Crippen LogP contribution in [0.25, 0.3) is 16.5 Å². The first kappa shape index (κ1) is 28.1. The Morgan fingerprint density at radius 2 is 1.72 bits per heavy atom. The number of nitrogens with zero attached hydrogens (tertiary/aromatic N) is 3. The third-order valence-electron chi connectivity index (χ3n) is 6.05. The van der Waals surface area contributed by atoms with Gasteiger partial charge in [-0.1, -0.05) is 26.0 Å². The highest BCUT2D eigenvalue weighted by atomic mass is 32.2. The Balaban J connectivity index is 1.78. The van der Waals surface area contributed by atoms with Gasteiger partial charge in [0.15, 0.2) is 5.69 Å². The number of aromatic nitrogens is 2. The number of ether oxygens (including phenoxy) is 1. The zero-order valence-electron chi connectivity index (χ0n) is 22.1. The van der Waals surface area contributed by atoms with Gasteiger partial charge in [-0.15, -0.1) is 11.3 Å². The van der Waals surface area contributed by atoms with Crippen LogP contribution in [-0.4, -0.2) is 55.1 Å². The smallest absolute Gasteiger partial charge is 0.359 e. The molecule has 0 aliphatic heterocycles. The monoisotopic (exact) mass is 568 g/mol. The summed E-state index contributed by atoms with van der Waals surface area (Å²) in [6.07, 6.45) is 0. The molecule has 0 saturated heterocycles. The number of hydrogen-bond acceptors (Lipinski definition) is 8. The number of anilines is 1. The Kier molecular flexibility index (Phi) is 8.00. The highest BCUT2D eigenvalue weighted by Gasteiger charge is 2.24. The molecule has 0 radical (unpaired) electrons. The van der Waals surface area contributed by atoms with Gasteiger partial charge >= 0.3 is 5.97 Å². The van der Waals surface area contributed by atoms with Crippen molar-refractivity contribution in [2.75, 3.05) is 26.0 Å². The fourth-order valence-electron chi connectivity index (χ4n) is 3.83. The van der Waals surface area contributed by atoms with Crippen LogP contribution in [0.4, 0.5) is 5.00 Å². The van der Waals surface area contributed by atoms with Crippen LogP contribution in [0.1, 0.15) is 53.1 Å². The second-order valence-electron chi connectivity index (χ2n) is 9.15. The van der Waals surface area contributed by atoms with Crippen molar-refractivity contribution in [3.63, 3.8) is 0 Å². The number of amides is 1. The molecule has 12 heteroatoms. The van der Waals surface area contributed by atoms with E-state index < -0.39 is 27.5 Å². The lowest BCUT2D eigenvalue weighted by Crippen LogP contribution is -2.25. The van der Waals surface area contributed by atoms with Crippen LogP contribution in [0.15, 0.2) is 63.6 Å². The van der Waals surface area contributed by atoms with E-state index >= 15 is 0 Å². The summed E-state index contributed by atoms with van der Waals surface area (Å²) in [6.45, 7) is 5.90. The van der Waals surface area contributed by atoms with Gasteiger partial charge in [-0.05, 0) is 54.8 Å². The molecule has 0 fully saturated rings. The molecule has 0 bridgehead atoms. The summed E-state index contributed by atoms with van der Waals surface area (Å²) in [7, 11) is -0.813. The minimum absolute atomic E-state index is 0.0437. The molecule has 0 saturated carbocycles. The number of sulfonamides is 1. The van der Waals surface area contributed by atoms with Crippen molar-refractivity contribution < 1.29 is 22.7 Å². The maximum atomic E-state index is 13.6. The van der Waals surface area contributed by atoms with E-state index in [1.807, 2.05) is 12.1 Å². The number of fused-ring (bicyclic) bond motifs is 1. The predicted molar refractivity (Wildman–Crippen MR) is 151 cm³/mol. The molecular weight excluding hydrogens is 540 g/mol. The van der Waals surface area contributed by atoms with Gasteiger partial charge in [0.05, 0.1) is 22.6 Å². The molecule has 4 rings (SSSR count). The molecule has 0 aliphatic rings. The molecule has 0 atom stereocenters. The van der Waals surface area contributed by atoms with E-state index in [1.54, 1.807) is 24.4 Å². The first-order chi connectivity index (χ1) is 18.4. The molecular formula is C27H28N4O6S2. The van der Waals surface area contributed by atoms with Crippen LogP contribution in [0.2, 0.25) is 0 Å². The zero-order valence-corrected chi connectivity index (χ0v) is 23.7. The van der Waals surface area contributed by atoms with Crippen molar-refractivity contribution in [2.24, 2.45) is 0 Å². The van der Waals surface area contributed by atoms with Crippen LogP contribution in [0, 0.1) is 0 Å². The van der Waals surface area contributed by atoms with Crippen LogP contribution >= 0.6 is 11.3 Å². The predicted octanol–water partition coefficient (Wildman–Crippen LogP) is 4.25. The summed E-state index contributed by atoms with van der Waals surface area (Å²) >= 11 is 1.08. The molecule has 2 aromatic heterocycles. The fraction of sp³-hybridized carbons (Fsp3) is 0.259. The minimum Gasteiger partial charge on any atom is -0.461 e. The van der Waals surface area contributed by atoms with E-state index in [0.29, 0.717) is 5.69 Å². The Bertz CT molecular complexity index is 1700. The topological polar surface area (TPSA) is 128 Å². The average Bonchev–Trinajstić information content (AvgIpc) is 3.33. The first-order valence-corrected chi connectivity index (χ1v) is 14.4. The van der Waals surface area contributed by atoms with Gasteiger partial charge in [-0.2, -0.15) is 9.78 Å². The van der Waals surface area contributed by atoms with Gasteiger partial charge in [0.2, 0.25) is 10.0 Å².